The predicted molar refractivity (Wildman–Crippen MR) is 608 cm³/mol. The van der Waals surface area contributed by atoms with Crippen molar-refractivity contribution in [2.75, 3.05) is 0 Å². The Morgan fingerprint density at radius 1 is 0.159 bits per heavy atom. The third kappa shape index (κ3) is 25.1. The molecular weight excluding hydrogens is 1660 g/mol. The summed E-state index contributed by atoms with van der Waals surface area (Å²) in [5, 5.41) is 16.0. The fourth-order valence-corrected chi connectivity index (χ4v) is 18.1. The molecule has 0 saturated heterocycles. The third-order valence-electron chi connectivity index (χ3n) is 22.9. The van der Waals surface area contributed by atoms with Crippen LogP contribution in [0.4, 0.5) is 0 Å². The van der Waals surface area contributed by atoms with Gasteiger partial charge in [0.2, 0.25) is 0 Å². The van der Waals surface area contributed by atoms with Gasteiger partial charge in [0.15, 0.2) is 0 Å². The van der Waals surface area contributed by atoms with Gasteiger partial charge < -0.3 is 13.7 Å². The van der Waals surface area contributed by atoms with Gasteiger partial charge in [-0.2, -0.15) is 0 Å². The van der Waals surface area contributed by atoms with Crippen molar-refractivity contribution >= 4 is 97.7 Å². The van der Waals surface area contributed by atoms with E-state index in [-0.39, 0.29) is 16.4 Å². The molecular formula is C135H147N3. The minimum Gasteiger partial charge on any atom is -0.335 e. The van der Waals surface area contributed by atoms with Crippen molar-refractivity contribution < 1.29 is 0 Å². The minimum atomic E-state index is -0.254. The molecule has 0 aliphatic heterocycles. The van der Waals surface area contributed by atoms with Gasteiger partial charge in [0.25, 0.3) is 0 Å². The van der Waals surface area contributed by atoms with Crippen LogP contribution in [0.2, 0.25) is 0 Å². The van der Waals surface area contributed by atoms with Gasteiger partial charge >= 0.3 is 0 Å². The maximum atomic E-state index is 2.43. The summed E-state index contributed by atoms with van der Waals surface area (Å²) in [4.78, 5) is 0. The standard InChI is InChI=1S/C25H18.2C18H13N.C18H12.C16H17N.C15H14.5C5H12/c1-3-11-19(12-4-1)25(20-13-5-2-6-14-20)23-17-9-7-15-21(23)22-16-8-10-18-24(22)25;2*1-2-8-14(9-3-1)19-17-12-6-4-10-15(17)16-11-5-7-13-18(16)19;1-2-8-14-13(7-1)15-9-3-4-11-17(15)18-12-6-5-10-16(14)18;1-16(2,3)17-14-10-6-4-8-12(14)13-9-5-7-11-15(13)17;1-15(2)13-9-5-3-7-11(13)12-8-4-6-10-14(12)15;5*1-5(2,3)4/h1-18H;2*1-13H;1-12H;4-11H,1-3H3;3-10H,1-2H3;5*1-4H3. The van der Waals surface area contributed by atoms with Crippen LogP contribution < -0.4 is 0 Å². The van der Waals surface area contributed by atoms with Crippen molar-refractivity contribution in [3.63, 3.8) is 0 Å². The first-order valence-electron chi connectivity index (χ1n) is 49.4. The summed E-state index contributed by atoms with van der Waals surface area (Å²) in [5.74, 6) is 0. The second-order valence-electron chi connectivity index (χ2n) is 45.9. The normalized spacial score (nSPS) is 12.5. The Balaban J connectivity index is 0.000000134. The van der Waals surface area contributed by atoms with Crippen LogP contribution in [0.25, 0.3) is 131 Å². The second kappa shape index (κ2) is 43.7. The number of benzene rings is 18. The number of hydrogen-bond donors (Lipinski definition) is 0. The monoisotopic (exact) mass is 1810 g/mol. The molecule has 0 bridgehead atoms. The fraction of sp³-hybridized carbons (Fsp3) is 0.244. The average Bonchev–Trinajstić information content (AvgIpc) is 1.53. The molecule has 18 aromatic carbocycles. The molecule has 138 heavy (non-hydrogen) atoms. The van der Waals surface area contributed by atoms with Gasteiger partial charge in [-0.25, -0.2) is 0 Å². The third-order valence-corrected chi connectivity index (χ3v) is 22.9. The highest BCUT2D eigenvalue weighted by molar-refractivity contribution is 6.25. The summed E-state index contributed by atoms with van der Waals surface area (Å²) >= 11 is 0. The zero-order chi connectivity index (χ0) is 99.0. The Morgan fingerprint density at radius 2 is 0.319 bits per heavy atom. The van der Waals surface area contributed by atoms with E-state index in [1.165, 1.54) is 165 Å². The Bertz CT molecular complexity index is 6790. The van der Waals surface area contributed by atoms with Crippen LogP contribution in [0.3, 0.4) is 0 Å². The highest BCUT2D eigenvalue weighted by atomic mass is 15.0. The molecule has 2 aliphatic rings. The molecule has 3 heteroatoms. The molecule has 0 atom stereocenters. The van der Waals surface area contributed by atoms with E-state index in [2.05, 4.69) is 624 Å². The van der Waals surface area contributed by atoms with Gasteiger partial charge in [0, 0.05) is 65.7 Å². The minimum absolute atomic E-state index is 0.0999. The molecule has 0 amide bonds. The predicted octanol–water partition coefficient (Wildman–Crippen LogP) is 39.6. The van der Waals surface area contributed by atoms with E-state index in [1.54, 1.807) is 0 Å². The molecule has 702 valence electrons. The lowest BCUT2D eigenvalue weighted by Crippen LogP contribution is -2.28. The van der Waals surface area contributed by atoms with Gasteiger partial charge in [-0.15, -0.1) is 0 Å². The van der Waals surface area contributed by atoms with Crippen molar-refractivity contribution in [3.05, 3.63) is 470 Å². The summed E-state index contributed by atoms with van der Waals surface area (Å²) < 4.78 is 7.08. The van der Waals surface area contributed by atoms with E-state index in [0.717, 1.165) is 0 Å². The first kappa shape index (κ1) is 102. The lowest BCUT2D eigenvalue weighted by Gasteiger charge is -2.33. The summed E-state index contributed by atoms with van der Waals surface area (Å²) in [6, 6.07) is 155. The molecule has 0 N–H and O–H groups in total. The molecule has 0 radical (unpaired) electrons. The Labute approximate surface area is 826 Å². The molecule has 3 heterocycles. The number of rotatable bonds is 4. The summed E-state index contributed by atoms with van der Waals surface area (Å²) in [7, 11) is 0. The molecule has 3 nitrogen and oxygen atoms in total. The zero-order valence-corrected chi connectivity index (χ0v) is 86.9. The molecule has 0 fully saturated rings. The van der Waals surface area contributed by atoms with E-state index in [1.807, 2.05) is 0 Å². The number of fused-ring (bicyclic) bond motifs is 21. The first-order chi connectivity index (χ1) is 65.6. The quantitative estimate of drug-likeness (QED) is 0.156. The van der Waals surface area contributed by atoms with Gasteiger partial charge in [0.05, 0.1) is 27.5 Å². The number of nitrogens with zero attached hydrogens (tertiary/aromatic N) is 3. The summed E-state index contributed by atoms with van der Waals surface area (Å²) in [5.41, 5.74) is 26.4. The van der Waals surface area contributed by atoms with Crippen molar-refractivity contribution in [2.45, 2.75) is 189 Å². The maximum Gasteiger partial charge on any atom is 0.0713 e. The second-order valence-corrected chi connectivity index (χ2v) is 45.9. The van der Waals surface area contributed by atoms with E-state index < -0.39 is 0 Å². The van der Waals surface area contributed by atoms with Crippen molar-refractivity contribution in [1.82, 2.24) is 13.7 Å². The van der Waals surface area contributed by atoms with Gasteiger partial charge in [0.1, 0.15) is 0 Å². The Hall–Kier alpha value is -13.9. The van der Waals surface area contributed by atoms with Crippen LogP contribution in [0.1, 0.15) is 206 Å². The molecule has 0 unspecified atom stereocenters. The molecule has 3 aromatic heterocycles. The smallest absolute Gasteiger partial charge is 0.0713 e. The zero-order valence-electron chi connectivity index (χ0n) is 86.9. The summed E-state index contributed by atoms with van der Waals surface area (Å²) in [6.45, 7) is 55.1. The van der Waals surface area contributed by atoms with Crippen LogP contribution in [0.15, 0.2) is 437 Å². The first-order valence-corrected chi connectivity index (χ1v) is 49.4. The highest BCUT2D eigenvalue weighted by Crippen LogP contribution is 2.56. The van der Waals surface area contributed by atoms with Crippen LogP contribution in [-0.2, 0) is 16.4 Å². The van der Waals surface area contributed by atoms with Gasteiger partial charge in [-0.3, -0.25) is 0 Å². The van der Waals surface area contributed by atoms with Gasteiger partial charge in [-0.1, -0.05) is 528 Å². The van der Waals surface area contributed by atoms with E-state index in [4.69, 9.17) is 0 Å². The van der Waals surface area contributed by atoms with Crippen molar-refractivity contribution in [2.24, 2.45) is 27.1 Å². The van der Waals surface area contributed by atoms with E-state index in [9.17, 15) is 0 Å². The van der Waals surface area contributed by atoms with E-state index >= 15 is 0 Å². The SMILES string of the molecule is CC(C)(C)C.CC(C)(C)C.CC(C)(C)C.CC(C)(C)C.CC(C)(C)C.CC(C)(C)n1c2ccccc2c2ccccc21.CC1(C)c2ccccc2-c2ccccc21.c1ccc(-n2c3ccccc3c3ccccc32)cc1.c1ccc(-n2c3ccccc3c3ccccc32)cc1.c1ccc(C2(c3ccccc3)c3ccccc3-c3ccccc32)cc1.c1ccc2c(c1)c1ccccc1c1ccccc21. The molecule has 23 rings (SSSR count). The lowest BCUT2D eigenvalue weighted by atomic mass is 9.68. The molecule has 21 aromatic rings. The largest absolute Gasteiger partial charge is 0.335 e. The topological polar surface area (TPSA) is 14.8 Å². The van der Waals surface area contributed by atoms with Crippen LogP contribution in [-0.4, -0.2) is 13.7 Å². The Kier molecular flexibility index (Phi) is 32.1. The molecule has 0 spiro atoms. The van der Waals surface area contributed by atoms with Crippen molar-refractivity contribution in [3.8, 4) is 33.6 Å². The lowest BCUT2D eigenvalue weighted by molar-refractivity contribution is 0.423. The molecule has 0 saturated carbocycles. The van der Waals surface area contributed by atoms with Gasteiger partial charge in [-0.05, 0) is 196 Å². The Morgan fingerprint density at radius 3 is 0.543 bits per heavy atom. The van der Waals surface area contributed by atoms with Crippen LogP contribution in [0.5, 0.6) is 0 Å². The average molecular weight is 1810 g/mol. The maximum absolute atomic E-state index is 2.43. The number of aromatic nitrogens is 3. The number of para-hydroxylation sites is 8. The van der Waals surface area contributed by atoms with Crippen molar-refractivity contribution in [1.29, 1.82) is 0 Å². The highest BCUT2D eigenvalue weighted by Gasteiger charge is 2.46. The van der Waals surface area contributed by atoms with Crippen LogP contribution in [0, 0.1) is 27.1 Å². The number of hydrogen-bond acceptors (Lipinski definition) is 0. The molecule has 2 aliphatic carbocycles. The summed E-state index contributed by atoms with van der Waals surface area (Å²) in [6.07, 6.45) is 0. The van der Waals surface area contributed by atoms with E-state index in [0.29, 0.717) is 27.1 Å². The fourth-order valence-electron chi connectivity index (χ4n) is 18.1. The van der Waals surface area contributed by atoms with Crippen LogP contribution >= 0.6 is 0 Å².